The first-order valence-corrected chi connectivity index (χ1v) is 12.5. The lowest BCUT2D eigenvalue weighted by molar-refractivity contribution is -0.132. The second kappa shape index (κ2) is 10.8. The van der Waals surface area contributed by atoms with Crippen molar-refractivity contribution in [1.82, 2.24) is 0 Å². The van der Waals surface area contributed by atoms with E-state index >= 15 is 0 Å². The van der Waals surface area contributed by atoms with Gasteiger partial charge < -0.3 is 19.3 Å². The molecule has 3 aromatic rings. The minimum absolute atomic E-state index is 0.0810. The molecule has 1 aliphatic rings. The van der Waals surface area contributed by atoms with E-state index in [1.54, 1.807) is 36.4 Å². The minimum atomic E-state index is -0.953. The van der Waals surface area contributed by atoms with E-state index in [2.05, 4.69) is 0 Å². The van der Waals surface area contributed by atoms with Crippen LogP contribution >= 0.6 is 11.6 Å². The minimum Gasteiger partial charge on any atom is -0.507 e. The third-order valence-corrected chi connectivity index (χ3v) is 6.79. The van der Waals surface area contributed by atoms with Gasteiger partial charge in [0.15, 0.2) is 11.5 Å². The van der Waals surface area contributed by atoms with Crippen molar-refractivity contribution in [3.8, 4) is 17.2 Å². The monoisotopic (exact) mass is 535 g/mol. The van der Waals surface area contributed by atoms with E-state index in [-0.39, 0.29) is 27.7 Å². The van der Waals surface area contributed by atoms with Crippen LogP contribution < -0.4 is 19.1 Å². The summed E-state index contributed by atoms with van der Waals surface area (Å²) in [5.41, 5.74) is 3.84. The van der Waals surface area contributed by atoms with Gasteiger partial charge in [0, 0.05) is 5.69 Å². The maximum atomic E-state index is 13.6. The van der Waals surface area contributed by atoms with Gasteiger partial charge in [-0.05, 0) is 74.7 Å². The van der Waals surface area contributed by atoms with Crippen LogP contribution in [0.15, 0.2) is 54.1 Å². The molecule has 1 atom stereocenters. The van der Waals surface area contributed by atoms with Crippen molar-refractivity contribution in [2.45, 2.75) is 33.7 Å². The highest BCUT2D eigenvalue weighted by molar-refractivity contribution is 6.52. The molecule has 1 amide bonds. The first-order chi connectivity index (χ1) is 18.1. The predicted octanol–water partition coefficient (Wildman–Crippen LogP) is 6.31. The zero-order chi connectivity index (χ0) is 27.7. The fourth-order valence-corrected chi connectivity index (χ4v) is 5.21. The third-order valence-electron chi connectivity index (χ3n) is 6.51. The maximum absolute atomic E-state index is 13.6. The molecule has 38 heavy (non-hydrogen) atoms. The van der Waals surface area contributed by atoms with Crippen LogP contribution in [0.25, 0.3) is 5.76 Å². The molecule has 8 heteroatoms. The third kappa shape index (κ3) is 4.70. The van der Waals surface area contributed by atoms with Gasteiger partial charge in [-0.2, -0.15) is 0 Å². The molecule has 1 heterocycles. The highest BCUT2D eigenvalue weighted by atomic mass is 35.5. The van der Waals surface area contributed by atoms with Gasteiger partial charge >= 0.3 is 0 Å². The number of halogens is 1. The average molecular weight is 536 g/mol. The van der Waals surface area contributed by atoms with Gasteiger partial charge in [-0.25, -0.2) is 0 Å². The van der Waals surface area contributed by atoms with Crippen molar-refractivity contribution in [1.29, 1.82) is 0 Å². The van der Waals surface area contributed by atoms with Crippen LogP contribution in [0.5, 0.6) is 17.2 Å². The fourth-order valence-electron chi connectivity index (χ4n) is 4.86. The second-order valence-corrected chi connectivity index (χ2v) is 9.54. The van der Waals surface area contributed by atoms with Crippen molar-refractivity contribution < 1.29 is 28.9 Å². The molecule has 7 nitrogen and oxygen atoms in total. The molecule has 1 fully saturated rings. The molecular weight excluding hydrogens is 506 g/mol. The van der Waals surface area contributed by atoms with Crippen LogP contribution in [-0.2, 0) is 9.59 Å². The second-order valence-electron chi connectivity index (χ2n) is 9.13. The number of rotatable bonds is 7. The molecular formula is C30H30ClNO6. The summed E-state index contributed by atoms with van der Waals surface area (Å²) in [7, 11) is 2.96. The van der Waals surface area contributed by atoms with Crippen molar-refractivity contribution in [2.24, 2.45) is 0 Å². The van der Waals surface area contributed by atoms with Gasteiger partial charge in [-0.3, -0.25) is 14.5 Å². The van der Waals surface area contributed by atoms with Crippen LogP contribution in [0.1, 0.15) is 40.8 Å². The summed E-state index contributed by atoms with van der Waals surface area (Å²) in [5, 5.41) is 11.9. The molecule has 3 aromatic carbocycles. The quantitative estimate of drug-likeness (QED) is 0.217. The van der Waals surface area contributed by atoms with Gasteiger partial charge in [0.2, 0.25) is 0 Å². The van der Waals surface area contributed by atoms with Crippen LogP contribution in [0.3, 0.4) is 0 Å². The van der Waals surface area contributed by atoms with Crippen molar-refractivity contribution in [3.63, 3.8) is 0 Å². The highest BCUT2D eigenvalue weighted by Gasteiger charge is 2.48. The van der Waals surface area contributed by atoms with E-state index in [0.717, 1.165) is 16.7 Å². The van der Waals surface area contributed by atoms with Crippen molar-refractivity contribution >= 4 is 34.7 Å². The molecule has 0 aromatic heterocycles. The number of anilines is 1. The molecule has 0 spiro atoms. The summed E-state index contributed by atoms with van der Waals surface area (Å²) in [6.07, 6.45) is 0. The Morgan fingerprint density at radius 2 is 1.68 bits per heavy atom. The number of methoxy groups -OCH3 is 2. The highest BCUT2D eigenvalue weighted by Crippen LogP contribution is 2.46. The molecule has 0 radical (unpaired) electrons. The molecule has 1 aliphatic heterocycles. The van der Waals surface area contributed by atoms with E-state index in [1.165, 1.54) is 19.1 Å². The summed E-state index contributed by atoms with van der Waals surface area (Å²) >= 11 is 6.40. The number of aryl methyl sites for hydroxylation is 3. The summed E-state index contributed by atoms with van der Waals surface area (Å²) in [5.74, 6) is -0.787. The standard InChI is InChI=1S/C30H30ClNO6/c1-7-38-24-15-19(9-11-23(24)36-5)26-25(27(33)20-13-17(3)14-21(31)29(20)37-6)28(34)30(35)32(26)22-10-8-16(2)12-18(22)4/h8-15,26,33H,7H2,1-6H3/b27-25+. The lowest BCUT2D eigenvalue weighted by Crippen LogP contribution is -2.30. The lowest BCUT2D eigenvalue weighted by atomic mass is 9.93. The van der Waals surface area contributed by atoms with Crippen molar-refractivity contribution in [3.05, 3.63) is 86.9 Å². The van der Waals surface area contributed by atoms with E-state index in [4.69, 9.17) is 25.8 Å². The first-order valence-electron chi connectivity index (χ1n) is 12.2. The maximum Gasteiger partial charge on any atom is 0.300 e. The Hall–Kier alpha value is -3.97. The normalized spacial score (nSPS) is 16.6. The SMILES string of the molecule is CCOc1cc(C2/C(=C(\O)c3cc(C)cc(Cl)c3OC)C(=O)C(=O)N2c2ccc(C)cc2C)ccc1OC. The largest absolute Gasteiger partial charge is 0.507 e. The van der Waals surface area contributed by atoms with Gasteiger partial charge in [-0.15, -0.1) is 0 Å². The summed E-state index contributed by atoms with van der Waals surface area (Å²) in [4.78, 5) is 28.7. The molecule has 4 rings (SSSR count). The summed E-state index contributed by atoms with van der Waals surface area (Å²) in [6, 6.07) is 13.2. The molecule has 0 saturated carbocycles. The van der Waals surface area contributed by atoms with Crippen LogP contribution in [-0.4, -0.2) is 37.6 Å². The van der Waals surface area contributed by atoms with Crippen molar-refractivity contribution in [2.75, 3.05) is 25.7 Å². The van der Waals surface area contributed by atoms with Gasteiger partial charge in [0.1, 0.15) is 11.5 Å². The Morgan fingerprint density at radius 3 is 2.32 bits per heavy atom. The number of hydrogen-bond donors (Lipinski definition) is 1. The predicted molar refractivity (Wildman–Crippen MR) is 148 cm³/mol. The Balaban J connectivity index is 2.05. The Bertz CT molecular complexity index is 1460. The fraction of sp³-hybridized carbons (Fsp3) is 0.267. The average Bonchev–Trinajstić information content (AvgIpc) is 3.13. The van der Waals surface area contributed by atoms with Gasteiger partial charge in [0.25, 0.3) is 11.7 Å². The number of Topliss-reactive ketones (excluding diaryl/α,β-unsaturated/α-hetero) is 1. The Morgan fingerprint density at radius 1 is 0.947 bits per heavy atom. The number of benzene rings is 3. The molecule has 1 unspecified atom stereocenters. The number of aliphatic hydroxyl groups excluding tert-OH is 1. The van der Waals surface area contributed by atoms with Gasteiger partial charge in [-0.1, -0.05) is 35.4 Å². The number of ether oxygens (including phenoxy) is 3. The number of carbonyl (C=O) groups excluding carboxylic acids is 2. The number of ketones is 1. The number of amides is 1. The van der Waals surface area contributed by atoms with Crippen LogP contribution in [0, 0.1) is 20.8 Å². The Labute approximate surface area is 227 Å². The topological polar surface area (TPSA) is 85.3 Å². The zero-order valence-electron chi connectivity index (χ0n) is 22.2. The summed E-state index contributed by atoms with van der Waals surface area (Å²) in [6.45, 7) is 7.87. The van der Waals surface area contributed by atoms with E-state index in [0.29, 0.717) is 29.4 Å². The van der Waals surface area contributed by atoms with E-state index < -0.39 is 17.7 Å². The lowest BCUT2D eigenvalue weighted by Gasteiger charge is -2.27. The first kappa shape index (κ1) is 27.1. The Kier molecular flexibility index (Phi) is 7.69. The molecule has 198 valence electrons. The van der Waals surface area contributed by atoms with Crippen LogP contribution in [0.2, 0.25) is 5.02 Å². The van der Waals surface area contributed by atoms with E-state index in [1.807, 2.05) is 39.8 Å². The molecule has 1 N–H and O–H groups in total. The number of hydrogen-bond acceptors (Lipinski definition) is 6. The number of nitrogens with zero attached hydrogens (tertiary/aromatic N) is 1. The van der Waals surface area contributed by atoms with Gasteiger partial charge in [0.05, 0.1) is 43.0 Å². The van der Waals surface area contributed by atoms with Crippen LogP contribution in [0.4, 0.5) is 5.69 Å². The molecule has 0 bridgehead atoms. The number of carbonyl (C=O) groups is 2. The van der Waals surface area contributed by atoms with E-state index in [9.17, 15) is 14.7 Å². The molecule has 0 aliphatic carbocycles. The smallest absolute Gasteiger partial charge is 0.300 e. The summed E-state index contributed by atoms with van der Waals surface area (Å²) < 4.78 is 16.7. The molecule has 1 saturated heterocycles. The zero-order valence-corrected chi connectivity index (χ0v) is 23.0. The number of aliphatic hydroxyl groups is 1.